The third-order valence-electron chi connectivity index (χ3n) is 2.97. The van der Waals surface area contributed by atoms with Gasteiger partial charge in [0.05, 0.1) is 0 Å². The zero-order chi connectivity index (χ0) is 18.3. The zero-order valence-electron chi connectivity index (χ0n) is 15.4. The van der Waals surface area contributed by atoms with Crippen molar-refractivity contribution in [3.05, 3.63) is 29.8 Å². The smallest absolute Gasteiger partial charge is 0.407 e. The minimum atomic E-state index is -0.529. The third kappa shape index (κ3) is 8.53. The number of benzene rings is 1. The van der Waals surface area contributed by atoms with Gasteiger partial charge < -0.3 is 19.7 Å². The second-order valence-electron chi connectivity index (χ2n) is 7.05. The third-order valence-corrected chi connectivity index (χ3v) is 2.97. The van der Waals surface area contributed by atoms with Crippen LogP contribution >= 0.6 is 0 Å². The number of amides is 1. The van der Waals surface area contributed by atoms with Crippen molar-refractivity contribution >= 4 is 12.1 Å². The van der Waals surface area contributed by atoms with E-state index in [1.54, 1.807) is 12.1 Å². The van der Waals surface area contributed by atoms with Gasteiger partial charge in [-0.1, -0.05) is 12.1 Å². The Hall–Kier alpha value is -2.08. The Labute approximate surface area is 144 Å². The van der Waals surface area contributed by atoms with E-state index in [-0.39, 0.29) is 12.0 Å². The van der Waals surface area contributed by atoms with Crippen LogP contribution in [0.4, 0.5) is 4.79 Å². The lowest BCUT2D eigenvalue weighted by Gasteiger charge is -2.25. The van der Waals surface area contributed by atoms with Crippen LogP contribution in [0.1, 0.15) is 33.3 Å². The van der Waals surface area contributed by atoms with Crippen LogP contribution in [0.2, 0.25) is 0 Å². The molecule has 0 saturated carbocycles. The Kier molecular flexibility index (Phi) is 7.22. The van der Waals surface area contributed by atoms with E-state index < -0.39 is 11.7 Å². The maximum Gasteiger partial charge on any atom is 0.407 e. The lowest BCUT2D eigenvalue weighted by molar-refractivity contribution is -0.131. The predicted octanol–water partition coefficient (Wildman–Crippen LogP) is 2.61. The maximum atomic E-state index is 12.0. The molecule has 24 heavy (non-hydrogen) atoms. The van der Waals surface area contributed by atoms with Gasteiger partial charge in [-0.25, -0.2) is 4.79 Å². The van der Waals surface area contributed by atoms with E-state index in [2.05, 4.69) is 5.32 Å². The van der Waals surface area contributed by atoms with Gasteiger partial charge in [-0.05, 0) is 59.0 Å². The first kappa shape index (κ1) is 20.0. The van der Waals surface area contributed by atoms with Crippen molar-refractivity contribution in [1.29, 1.82) is 0 Å². The van der Waals surface area contributed by atoms with Crippen molar-refractivity contribution in [2.75, 3.05) is 20.6 Å². The molecule has 1 N–H and O–H groups in total. The molecule has 1 aromatic carbocycles. The average molecular weight is 336 g/mol. The fraction of sp³-hybridized carbons (Fsp3) is 0.556. The summed E-state index contributed by atoms with van der Waals surface area (Å²) < 4.78 is 10.3. The predicted molar refractivity (Wildman–Crippen MR) is 93.2 cm³/mol. The second kappa shape index (κ2) is 8.68. The van der Waals surface area contributed by atoms with Crippen LogP contribution in [0.5, 0.6) is 5.75 Å². The van der Waals surface area contributed by atoms with Crippen LogP contribution in [0.15, 0.2) is 24.3 Å². The number of ether oxygens (including phenoxy) is 2. The van der Waals surface area contributed by atoms with Crippen molar-refractivity contribution < 1.29 is 19.1 Å². The summed E-state index contributed by atoms with van der Waals surface area (Å²) >= 11 is 0. The quantitative estimate of drug-likeness (QED) is 0.639. The van der Waals surface area contributed by atoms with Crippen LogP contribution in [0, 0.1) is 0 Å². The highest BCUT2D eigenvalue weighted by atomic mass is 16.6. The van der Waals surface area contributed by atoms with Crippen LogP contribution in [-0.2, 0) is 16.0 Å². The van der Waals surface area contributed by atoms with Gasteiger partial charge in [0.2, 0.25) is 0 Å². The number of hydrogen-bond acceptors (Lipinski definition) is 5. The molecule has 1 amide bonds. The molecule has 0 aliphatic rings. The van der Waals surface area contributed by atoms with Crippen LogP contribution in [0.3, 0.4) is 0 Å². The van der Waals surface area contributed by atoms with Gasteiger partial charge in [0.15, 0.2) is 0 Å². The summed E-state index contributed by atoms with van der Waals surface area (Å²) in [5.41, 5.74) is 0.507. The fourth-order valence-electron chi connectivity index (χ4n) is 2.22. The first-order valence-electron chi connectivity index (χ1n) is 7.97. The highest BCUT2D eigenvalue weighted by Gasteiger charge is 2.20. The van der Waals surface area contributed by atoms with Crippen LogP contribution in [-0.4, -0.2) is 49.2 Å². The number of esters is 1. The largest absolute Gasteiger partial charge is 0.444 e. The second-order valence-corrected chi connectivity index (χ2v) is 7.05. The summed E-state index contributed by atoms with van der Waals surface area (Å²) in [4.78, 5) is 25.0. The molecule has 1 aromatic rings. The summed E-state index contributed by atoms with van der Waals surface area (Å²) in [5.74, 6) is 0.162. The number of carbonyl (C=O) groups excluding carboxylic acids is 2. The molecular formula is C18H28N2O4. The number of nitrogens with one attached hydrogen (secondary N) is 1. The number of carbonyl (C=O) groups is 2. The van der Waals surface area contributed by atoms with Crippen LogP contribution < -0.4 is 10.1 Å². The Morgan fingerprint density at radius 2 is 1.75 bits per heavy atom. The summed E-state index contributed by atoms with van der Waals surface area (Å²) in [6, 6.07) is 7.18. The Balaban J connectivity index is 2.71. The van der Waals surface area contributed by atoms with Gasteiger partial charge in [0.1, 0.15) is 11.4 Å². The summed E-state index contributed by atoms with van der Waals surface area (Å²) in [6.45, 7) is 7.56. The molecule has 6 heteroatoms. The maximum absolute atomic E-state index is 12.0. The van der Waals surface area contributed by atoms with Crippen molar-refractivity contribution in [3.63, 3.8) is 0 Å². The summed E-state index contributed by atoms with van der Waals surface area (Å²) in [7, 11) is 3.90. The van der Waals surface area contributed by atoms with Gasteiger partial charge in [0, 0.05) is 19.5 Å². The van der Waals surface area contributed by atoms with E-state index in [4.69, 9.17) is 9.47 Å². The molecule has 0 aliphatic heterocycles. The van der Waals surface area contributed by atoms with Crippen molar-refractivity contribution in [1.82, 2.24) is 10.2 Å². The number of alkyl carbamates (subject to hydrolysis) is 1. The minimum absolute atomic E-state index is 0.0885. The van der Waals surface area contributed by atoms with E-state index in [0.717, 1.165) is 5.56 Å². The summed E-state index contributed by atoms with van der Waals surface area (Å²) in [5, 5.41) is 2.91. The molecule has 0 fully saturated rings. The van der Waals surface area contributed by atoms with Gasteiger partial charge in [-0.3, -0.25) is 4.79 Å². The Morgan fingerprint density at radius 3 is 2.21 bits per heavy atom. The number of rotatable bonds is 6. The fourth-order valence-corrected chi connectivity index (χ4v) is 2.22. The molecule has 1 rings (SSSR count). The number of likely N-dealkylation sites (N-methyl/N-ethyl adjacent to an activating group) is 1. The lowest BCUT2D eigenvalue weighted by atomic mass is 10.1. The topological polar surface area (TPSA) is 67.9 Å². The molecule has 1 unspecified atom stereocenters. The minimum Gasteiger partial charge on any atom is -0.444 e. The molecule has 0 radical (unpaired) electrons. The van der Waals surface area contributed by atoms with E-state index >= 15 is 0 Å². The number of hydrogen-bond donors (Lipinski definition) is 1. The monoisotopic (exact) mass is 336 g/mol. The first-order valence-corrected chi connectivity index (χ1v) is 7.97. The van der Waals surface area contributed by atoms with Gasteiger partial charge in [-0.2, -0.15) is 0 Å². The zero-order valence-corrected chi connectivity index (χ0v) is 15.4. The van der Waals surface area contributed by atoms with Gasteiger partial charge in [-0.15, -0.1) is 0 Å². The first-order chi connectivity index (χ1) is 11.0. The molecule has 1 atom stereocenters. The van der Waals surface area contributed by atoms with E-state index in [0.29, 0.717) is 18.7 Å². The molecule has 0 saturated heterocycles. The molecule has 0 aliphatic carbocycles. The van der Waals surface area contributed by atoms with Crippen molar-refractivity contribution in [3.8, 4) is 5.75 Å². The highest BCUT2D eigenvalue weighted by molar-refractivity contribution is 5.69. The van der Waals surface area contributed by atoms with Crippen molar-refractivity contribution in [2.24, 2.45) is 0 Å². The number of nitrogens with zero attached hydrogens (tertiary/aromatic N) is 1. The molecular weight excluding hydrogens is 308 g/mol. The molecule has 0 aromatic heterocycles. The normalized spacial score (nSPS) is 12.6. The van der Waals surface area contributed by atoms with Crippen LogP contribution in [0.25, 0.3) is 0 Å². The van der Waals surface area contributed by atoms with E-state index in [1.165, 1.54) is 6.92 Å². The van der Waals surface area contributed by atoms with Gasteiger partial charge in [0.25, 0.3) is 0 Å². The molecule has 0 heterocycles. The molecule has 0 bridgehead atoms. The average Bonchev–Trinajstić information content (AvgIpc) is 2.37. The lowest BCUT2D eigenvalue weighted by Crippen LogP contribution is -2.45. The SMILES string of the molecule is CC(=O)Oc1ccc(CC(CN(C)C)NC(=O)OC(C)(C)C)cc1. The van der Waals surface area contributed by atoms with E-state index in [9.17, 15) is 9.59 Å². The Morgan fingerprint density at radius 1 is 1.17 bits per heavy atom. The summed E-state index contributed by atoms with van der Waals surface area (Å²) in [6.07, 6.45) is 0.225. The standard InChI is InChI=1S/C18H28N2O4/c1-13(21)23-16-9-7-14(8-10-16)11-15(12-20(5)6)19-17(22)24-18(2,3)4/h7-10,15H,11-12H2,1-6H3,(H,19,22). The molecule has 0 spiro atoms. The van der Waals surface area contributed by atoms with Crippen molar-refractivity contribution in [2.45, 2.75) is 45.8 Å². The highest BCUT2D eigenvalue weighted by Crippen LogP contribution is 2.14. The van der Waals surface area contributed by atoms with E-state index in [1.807, 2.05) is 51.9 Å². The Bertz CT molecular complexity index is 547. The molecule has 134 valence electrons. The van der Waals surface area contributed by atoms with Gasteiger partial charge >= 0.3 is 12.1 Å². The molecule has 6 nitrogen and oxygen atoms in total.